The third-order valence-corrected chi connectivity index (χ3v) is 6.14. The topological polar surface area (TPSA) is 72.0 Å². The van der Waals surface area contributed by atoms with Crippen molar-refractivity contribution in [2.45, 2.75) is 24.7 Å². The monoisotopic (exact) mass is 373 g/mol. The van der Waals surface area contributed by atoms with E-state index in [9.17, 15) is 8.42 Å². The van der Waals surface area contributed by atoms with Crippen molar-refractivity contribution >= 4 is 21.4 Å². The number of nitrogens with zero attached hydrogens (tertiary/aromatic N) is 2. The molecule has 0 aliphatic carbocycles. The lowest BCUT2D eigenvalue weighted by Gasteiger charge is -2.06. The van der Waals surface area contributed by atoms with E-state index in [1.54, 1.807) is 18.3 Å². The number of nitrogens with one attached hydrogen (secondary N) is 1. The van der Waals surface area contributed by atoms with Crippen LogP contribution in [0.2, 0.25) is 0 Å². The van der Waals surface area contributed by atoms with Crippen LogP contribution in [-0.4, -0.2) is 24.9 Å². The van der Waals surface area contributed by atoms with Gasteiger partial charge >= 0.3 is 0 Å². The molecule has 0 amide bonds. The standard InChI is InChI=1S/C18H19N3O2S2/c1-2-14-6-8-16(9-7-14)25(22,23)20-12-10-15-13-24-18(21-15)17-5-3-4-11-19-17/h3-9,11,13,20H,2,10,12H2,1H3. The molecule has 0 radical (unpaired) electrons. The number of benzene rings is 1. The van der Waals surface area contributed by atoms with Crippen molar-refractivity contribution < 1.29 is 8.42 Å². The number of rotatable bonds is 7. The lowest BCUT2D eigenvalue weighted by atomic mass is 10.2. The maximum Gasteiger partial charge on any atom is 0.240 e. The van der Waals surface area contributed by atoms with Gasteiger partial charge in [-0.25, -0.2) is 18.1 Å². The average Bonchev–Trinajstić information content (AvgIpc) is 3.11. The van der Waals surface area contributed by atoms with Gasteiger partial charge in [0.1, 0.15) is 5.01 Å². The number of aromatic nitrogens is 2. The van der Waals surface area contributed by atoms with E-state index in [-0.39, 0.29) is 4.90 Å². The zero-order chi connectivity index (χ0) is 17.7. The number of pyridine rings is 1. The number of aryl methyl sites for hydroxylation is 1. The molecule has 3 rings (SSSR count). The maximum absolute atomic E-state index is 12.3. The third kappa shape index (κ3) is 4.50. The first-order valence-electron chi connectivity index (χ1n) is 8.03. The van der Waals surface area contributed by atoms with Gasteiger partial charge in [-0.1, -0.05) is 25.1 Å². The summed E-state index contributed by atoms with van der Waals surface area (Å²) in [6.45, 7) is 2.35. The molecule has 25 heavy (non-hydrogen) atoms. The molecule has 0 unspecified atom stereocenters. The van der Waals surface area contributed by atoms with E-state index in [1.807, 2.05) is 42.6 Å². The predicted molar refractivity (Wildman–Crippen MR) is 100 cm³/mol. The van der Waals surface area contributed by atoms with E-state index in [0.29, 0.717) is 13.0 Å². The highest BCUT2D eigenvalue weighted by atomic mass is 32.2. The summed E-state index contributed by atoms with van der Waals surface area (Å²) in [7, 11) is -3.49. The van der Waals surface area contributed by atoms with Gasteiger partial charge in [-0.3, -0.25) is 4.98 Å². The van der Waals surface area contributed by atoms with Crippen molar-refractivity contribution in [3.63, 3.8) is 0 Å². The Morgan fingerprint density at radius 2 is 1.92 bits per heavy atom. The summed E-state index contributed by atoms with van der Waals surface area (Å²) in [4.78, 5) is 9.08. The molecule has 1 aromatic carbocycles. The Kier molecular flexibility index (Phi) is 5.57. The quantitative estimate of drug-likeness (QED) is 0.690. The molecule has 7 heteroatoms. The van der Waals surface area contributed by atoms with Gasteiger partial charge in [0.05, 0.1) is 16.3 Å². The molecule has 130 valence electrons. The lowest BCUT2D eigenvalue weighted by Crippen LogP contribution is -2.26. The Morgan fingerprint density at radius 3 is 2.60 bits per heavy atom. The van der Waals surface area contributed by atoms with Crippen molar-refractivity contribution in [2.75, 3.05) is 6.54 Å². The zero-order valence-corrected chi connectivity index (χ0v) is 15.5. The molecule has 0 saturated carbocycles. The molecule has 0 aliphatic heterocycles. The highest BCUT2D eigenvalue weighted by Crippen LogP contribution is 2.21. The van der Waals surface area contributed by atoms with Gasteiger partial charge in [-0.05, 0) is 36.2 Å². The van der Waals surface area contributed by atoms with Crippen molar-refractivity contribution in [2.24, 2.45) is 0 Å². The van der Waals surface area contributed by atoms with Crippen LogP contribution in [0.25, 0.3) is 10.7 Å². The first-order valence-corrected chi connectivity index (χ1v) is 10.4. The Morgan fingerprint density at radius 1 is 1.12 bits per heavy atom. The summed E-state index contributed by atoms with van der Waals surface area (Å²) < 4.78 is 27.3. The minimum atomic E-state index is -3.49. The number of thiazole rings is 1. The predicted octanol–water partition coefficient (Wildman–Crippen LogP) is 3.29. The summed E-state index contributed by atoms with van der Waals surface area (Å²) in [5.41, 5.74) is 2.80. The van der Waals surface area contributed by atoms with Gasteiger partial charge in [0, 0.05) is 24.5 Å². The van der Waals surface area contributed by atoms with Gasteiger partial charge in [-0.15, -0.1) is 11.3 Å². The molecule has 0 saturated heterocycles. The van der Waals surface area contributed by atoms with Crippen LogP contribution in [-0.2, 0) is 22.9 Å². The van der Waals surface area contributed by atoms with Crippen LogP contribution < -0.4 is 4.72 Å². The van der Waals surface area contributed by atoms with E-state index in [0.717, 1.165) is 28.4 Å². The molecule has 0 fully saturated rings. The summed E-state index contributed by atoms with van der Waals surface area (Å²) in [6, 6.07) is 12.7. The summed E-state index contributed by atoms with van der Waals surface area (Å²) in [5, 5.41) is 2.78. The molecule has 2 aromatic heterocycles. The fourth-order valence-corrected chi connectivity index (χ4v) is 4.19. The Hall–Kier alpha value is -2.09. The van der Waals surface area contributed by atoms with E-state index >= 15 is 0 Å². The molecule has 3 aromatic rings. The molecule has 0 aliphatic rings. The van der Waals surface area contributed by atoms with Crippen LogP contribution in [0, 0.1) is 0 Å². The zero-order valence-electron chi connectivity index (χ0n) is 13.8. The van der Waals surface area contributed by atoms with Crippen LogP contribution in [0.3, 0.4) is 0 Å². The van der Waals surface area contributed by atoms with Crippen molar-refractivity contribution in [3.05, 3.63) is 65.3 Å². The van der Waals surface area contributed by atoms with Crippen LogP contribution in [0.1, 0.15) is 18.2 Å². The first-order chi connectivity index (χ1) is 12.1. The maximum atomic E-state index is 12.3. The second-order valence-corrected chi connectivity index (χ2v) is 8.13. The Balaban J connectivity index is 1.59. The smallest absolute Gasteiger partial charge is 0.240 e. The molecule has 0 bridgehead atoms. The number of hydrogen-bond acceptors (Lipinski definition) is 5. The Bertz CT molecular complexity index is 920. The van der Waals surface area contributed by atoms with E-state index in [2.05, 4.69) is 14.7 Å². The van der Waals surface area contributed by atoms with Gasteiger partial charge in [-0.2, -0.15) is 0 Å². The molecular weight excluding hydrogens is 354 g/mol. The summed E-state index contributed by atoms with van der Waals surface area (Å²) >= 11 is 1.51. The highest BCUT2D eigenvalue weighted by Gasteiger charge is 2.13. The SMILES string of the molecule is CCc1ccc(S(=O)(=O)NCCc2csc(-c3ccccn3)n2)cc1. The minimum Gasteiger partial charge on any atom is -0.254 e. The van der Waals surface area contributed by atoms with Crippen LogP contribution in [0.15, 0.2) is 58.9 Å². The highest BCUT2D eigenvalue weighted by molar-refractivity contribution is 7.89. The van der Waals surface area contributed by atoms with E-state index in [4.69, 9.17) is 0 Å². The third-order valence-electron chi connectivity index (χ3n) is 3.75. The molecule has 0 spiro atoms. The van der Waals surface area contributed by atoms with Gasteiger partial charge in [0.25, 0.3) is 0 Å². The minimum absolute atomic E-state index is 0.289. The normalized spacial score (nSPS) is 11.6. The van der Waals surface area contributed by atoms with Crippen molar-refractivity contribution in [1.29, 1.82) is 0 Å². The number of sulfonamides is 1. The van der Waals surface area contributed by atoms with Gasteiger partial charge in [0.2, 0.25) is 10.0 Å². The second kappa shape index (κ2) is 7.86. The van der Waals surface area contributed by atoms with Gasteiger partial charge < -0.3 is 0 Å². The van der Waals surface area contributed by atoms with Gasteiger partial charge in [0.15, 0.2) is 0 Å². The largest absolute Gasteiger partial charge is 0.254 e. The average molecular weight is 374 g/mol. The van der Waals surface area contributed by atoms with E-state index < -0.39 is 10.0 Å². The van der Waals surface area contributed by atoms with Crippen LogP contribution in [0.4, 0.5) is 0 Å². The van der Waals surface area contributed by atoms with Crippen molar-refractivity contribution in [3.8, 4) is 10.7 Å². The molecule has 2 heterocycles. The second-order valence-electron chi connectivity index (χ2n) is 5.50. The molecular formula is C18H19N3O2S2. The summed E-state index contributed by atoms with van der Waals surface area (Å²) in [5.74, 6) is 0. The molecule has 1 N–H and O–H groups in total. The Labute approximate surface area is 151 Å². The number of hydrogen-bond donors (Lipinski definition) is 1. The van der Waals surface area contributed by atoms with E-state index in [1.165, 1.54) is 11.3 Å². The van der Waals surface area contributed by atoms with Crippen molar-refractivity contribution in [1.82, 2.24) is 14.7 Å². The van der Waals surface area contributed by atoms with Crippen LogP contribution in [0.5, 0.6) is 0 Å². The van der Waals surface area contributed by atoms with Crippen LogP contribution >= 0.6 is 11.3 Å². The lowest BCUT2D eigenvalue weighted by molar-refractivity contribution is 0.581. The fraction of sp³-hybridized carbons (Fsp3) is 0.222. The molecule has 0 atom stereocenters. The fourth-order valence-electron chi connectivity index (χ4n) is 2.33. The molecule has 5 nitrogen and oxygen atoms in total. The summed E-state index contributed by atoms with van der Waals surface area (Å²) in [6.07, 6.45) is 3.15. The first kappa shape index (κ1) is 17.7.